The minimum absolute atomic E-state index is 0.125. The first-order chi connectivity index (χ1) is 8.88. The molecule has 7 heteroatoms. The van der Waals surface area contributed by atoms with Gasteiger partial charge >= 0.3 is 11.9 Å². The van der Waals surface area contributed by atoms with Crippen LogP contribution in [0.4, 0.5) is 0 Å². The highest BCUT2D eigenvalue weighted by atomic mass is 16.4. The highest BCUT2D eigenvalue weighted by Gasteiger charge is 2.23. The Morgan fingerprint density at radius 3 is 2.47 bits per heavy atom. The molecular formula is C12H15NO6. The lowest BCUT2D eigenvalue weighted by molar-refractivity contribution is -0.142. The number of hydrogen-bond acceptors (Lipinski definition) is 4. The Morgan fingerprint density at radius 2 is 2.00 bits per heavy atom. The second-order valence-electron chi connectivity index (χ2n) is 4.02. The fourth-order valence-electron chi connectivity index (χ4n) is 1.87. The molecule has 0 amide bonds. The van der Waals surface area contributed by atoms with Crippen LogP contribution in [0.2, 0.25) is 0 Å². The lowest BCUT2D eigenvalue weighted by atomic mass is 10.1. The average molecular weight is 269 g/mol. The lowest BCUT2D eigenvalue weighted by Crippen LogP contribution is -2.24. The molecule has 1 rings (SSSR count). The lowest BCUT2D eigenvalue weighted by Gasteiger charge is -2.20. The van der Waals surface area contributed by atoms with Gasteiger partial charge in [-0.1, -0.05) is 6.92 Å². The SMILES string of the molecule is CCc1c(O)c(=O)ccn1C(CCC(=O)O)C(=O)O. The Hall–Kier alpha value is -2.31. The fraction of sp³-hybridized carbons (Fsp3) is 0.417. The van der Waals surface area contributed by atoms with Crippen molar-refractivity contribution in [1.82, 2.24) is 4.57 Å². The predicted octanol–water partition coefficient (Wildman–Crippen LogP) is 0.607. The van der Waals surface area contributed by atoms with E-state index < -0.39 is 29.2 Å². The minimum atomic E-state index is -1.21. The van der Waals surface area contributed by atoms with Crippen LogP contribution in [0, 0.1) is 0 Å². The Labute approximate surface area is 108 Å². The van der Waals surface area contributed by atoms with E-state index >= 15 is 0 Å². The summed E-state index contributed by atoms with van der Waals surface area (Å²) in [5.74, 6) is -2.81. The Kier molecular flexibility index (Phi) is 4.68. The van der Waals surface area contributed by atoms with Gasteiger partial charge in [0.1, 0.15) is 6.04 Å². The van der Waals surface area contributed by atoms with E-state index in [2.05, 4.69) is 0 Å². The summed E-state index contributed by atoms with van der Waals surface area (Å²) < 4.78 is 1.24. The van der Waals surface area contributed by atoms with Gasteiger partial charge in [0.05, 0.1) is 5.69 Å². The molecule has 3 N–H and O–H groups in total. The summed E-state index contributed by atoms with van der Waals surface area (Å²) in [5, 5.41) is 27.4. The fourth-order valence-corrected chi connectivity index (χ4v) is 1.87. The third-order valence-corrected chi connectivity index (χ3v) is 2.79. The van der Waals surface area contributed by atoms with E-state index in [1.807, 2.05) is 0 Å². The number of carboxylic acids is 2. The van der Waals surface area contributed by atoms with Crippen molar-refractivity contribution in [2.45, 2.75) is 32.2 Å². The van der Waals surface area contributed by atoms with E-state index in [0.717, 1.165) is 6.07 Å². The van der Waals surface area contributed by atoms with Crippen LogP contribution in [0.1, 0.15) is 31.5 Å². The molecule has 1 unspecified atom stereocenters. The van der Waals surface area contributed by atoms with E-state index in [4.69, 9.17) is 10.2 Å². The number of aromatic hydroxyl groups is 1. The van der Waals surface area contributed by atoms with Crippen LogP contribution in [-0.2, 0) is 16.0 Å². The van der Waals surface area contributed by atoms with Crippen LogP contribution in [0.5, 0.6) is 5.75 Å². The standard InChI is InChI=1S/C12H15NO6/c1-2-7-11(17)9(14)5-6-13(7)8(12(18)19)3-4-10(15)16/h5-6,8,17H,2-4H2,1H3,(H,15,16)(H,18,19). The van der Waals surface area contributed by atoms with Crippen molar-refractivity contribution in [3.8, 4) is 5.75 Å². The first-order valence-electron chi connectivity index (χ1n) is 5.76. The maximum Gasteiger partial charge on any atom is 0.326 e. The van der Waals surface area contributed by atoms with E-state index in [1.165, 1.54) is 10.8 Å². The van der Waals surface area contributed by atoms with Crippen molar-refractivity contribution in [3.63, 3.8) is 0 Å². The zero-order chi connectivity index (χ0) is 14.6. The van der Waals surface area contributed by atoms with Crippen LogP contribution < -0.4 is 5.43 Å². The molecule has 0 aliphatic carbocycles. The molecule has 1 heterocycles. The molecule has 0 bridgehead atoms. The van der Waals surface area contributed by atoms with Crippen molar-refractivity contribution < 1.29 is 24.9 Å². The van der Waals surface area contributed by atoms with Gasteiger partial charge in [0.25, 0.3) is 0 Å². The van der Waals surface area contributed by atoms with Crippen molar-refractivity contribution in [2.24, 2.45) is 0 Å². The number of carboxylic acid groups (broad SMARTS) is 2. The normalized spacial score (nSPS) is 12.1. The summed E-state index contributed by atoms with van der Waals surface area (Å²) >= 11 is 0. The molecule has 1 aromatic rings. The molecule has 0 saturated heterocycles. The average Bonchev–Trinajstić information content (AvgIpc) is 2.33. The van der Waals surface area contributed by atoms with E-state index in [9.17, 15) is 19.5 Å². The van der Waals surface area contributed by atoms with Crippen molar-refractivity contribution in [2.75, 3.05) is 0 Å². The van der Waals surface area contributed by atoms with Gasteiger partial charge < -0.3 is 19.9 Å². The predicted molar refractivity (Wildman–Crippen MR) is 65.3 cm³/mol. The van der Waals surface area contributed by atoms with Gasteiger partial charge in [0.2, 0.25) is 5.43 Å². The molecule has 1 atom stereocenters. The van der Waals surface area contributed by atoms with Gasteiger partial charge in [-0.2, -0.15) is 0 Å². The van der Waals surface area contributed by atoms with Gasteiger partial charge in [-0.3, -0.25) is 9.59 Å². The molecule has 0 spiro atoms. The molecule has 0 radical (unpaired) electrons. The van der Waals surface area contributed by atoms with Crippen LogP contribution in [0.3, 0.4) is 0 Å². The quantitative estimate of drug-likeness (QED) is 0.696. The number of aliphatic carboxylic acids is 2. The van der Waals surface area contributed by atoms with E-state index in [1.54, 1.807) is 6.92 Å². The summed E-state index contributed by atoms with van der Waals surface area (Å²) in [6, 6.07) is -0.0666. The van der Waals surface area contributed by atoms with Gasteiger partial charge in [-0.15, -0.1) is 0 Å². The van der Waals surface area contributed by atoms with E-state index in [-0.39, 0.29) is 25.0 Å². The topological polar surface area (TPSA) is 117 Å². The molecule has 7 nitrogen and oxygen atoms in total. The molecule has 0 saturated carbocycles. The molecule has 0 aromatic carbocycles. The third-order valence-electron chi connectivity index (χ3n) is 2.79. The van der Waals surface area contributed by atoms with Gasteiger partial charge in [-0.05, 0) is 12.8 Å². The van der Waals surface area contributed by atoms with Crippen molar-refractivity contribution in [3.05, 3.63) is 28.2 Å². The Morgan fingerprint density at radius 1 is 1.37 bits per heavy atom. The van der Waals surface area contributed by atoms with E-state index in [0.29, 0.717) is 0 Å². The first kappa shape index (κ1) is 14.7. The smallest absolute Gasteiger partial charge is 0.326 e. The summed E-state index contributed by atoms with van der Waals surface area (Å²) in [4.78, 5) is 33.0. The summed E-state index contributed by atoms with van der Waals surface area (Å²) in [6.07, 6.45) is 1.09. The number of carbonyl (C=O) groups is 2. The molecular weight excluding hydrogens is 254 g/mol. The summed E-state index contributed by atoms with van der Waals surface area (Å²) in [5.41, 5.74) is -0.402. The maximum absolute atomic E-state index is 11.3. The molecule has 19 heavy (non-hydrogen) atoms. The number of pyridine rings is 1. The maximum atomic E-state index is 11.3. The zero-order valence-electron chi connectivity index (χ0n) is 10.4. The molecule has 0 aliphatic rings. The second-order valence-corrected chi connectivity index (χ2v) is 4.02. The summed E-state index contributed by atoms with van der Waals surface area (Å²) in [6.45, 7) is 1.67. The van der Waals surface area contributed by atoms with Crippen molar-refractivity contribution in [1.29, 1.82) is 0 Å². The summed E-state index contributed by atoms with van der Waals surface area (Å²) in [7, 11) is 0. The van der Waals surface area contributed by atoms with Gasteiger partial charge in [-0.25, -0.2) is 4.79 Å². The van der Waals surface area contributed by atoms with Crippen LogP contribution in [0.25, 0.3) is 0 Å². The molecule has 0 aliphatic heterocycles. The minimum Gasteiger partial charge on any atom is -0.503 e. The van der Waals surface area contributed by atoms with Crippen LogP contribution >= 0.6 is 0 Å². The number of nitrogens with zero attached hydrogens (tertiary/aromatic N) is 1. The molecule has 1 aromatic heterocycles. The van der Waals surface area contributed by atoms with Gasteiger partial charge in [0, 0.05) is 18.7 Å². The second kappa shape index (κ2) is 6.03. The Balaban J connectivity index is 3.23. The highest BCUT2D eigenvalue weighted by molar-refractivity contribution is 5.74. The third kappa shape index (κ3) is 3.34. The zero-order valence-corrected chi connectivity index (χ0v) is 10.4. The van der Waals surface area contributed by atoms with Crippen LogP contribution in [0.15, 0.2) is 17.1 Å². The molecule has 0 fully saturated rings. The first-order valence-corrected chi connectivity index (χ1v) is 5.76. The van der Waals surface area contributed by atoms with Crippen molar-refractivity contribution >= 4 is 11.9 Å². The highest BCUT2D eigenvalue weighted by Crippen LogP contribution is 2.21. The number of aromatic nitrogens is 1. The Bertz CT molecular complexity index is 548. The number of hydrogen-bond donors (Lipinski definition) is 3. The van der Waals surface area contributed by atoms with Crippen LogP contribution in [-0.4, -0.2) is 31.8 Å². The van der Waals surface area contributed by atoms with Gasteiger partial charge in [0.15, 0.2) is 5.75 Å². The molecule has 104 valence electrons. The number of rotatable bonds is 6. The largest absolute Gasteiger partial charge is 0.503 e. The monoisotopic (exact) mass is 269 g/mol.